The molecular formula is C13H20N2O4S. The predicted octanol–water partition coefficient (Wildman–Crippen LogP) is 0.731. The molecule has 7 heteroatoms. The minimum absolute atomic E-state index is 0.0829. The van der Waals surface area contributed by atoms with Crippen LogP contribution in [0.2, 0.25) is 0 Å². The first-order valence-electron chi connectivity index (χ1n) is 6.48. The first-order valence-corrected chi connectivity index (χ1v) is 7.92. The maximum Gasteiger partial charge on any atom is 0.246 e. The number of hydrogen-bond acceptors (Lipinski definition) is 5. The lowest BCUT2D eigenvalue weighted by molar-refractivity contribution is 0.113. The normalized spacial score (nSPS) is 18.1. The van der Waals surface area contributed by atoms with Gasteiger partial charge in [-0.1, -0.05) is 0 Å². The maximum atomic E-state index is 12.6. The molecule has 112 valence electrons. The second-order valence-corrected chi connectivity index (χ2v) is 6.90. The summed E-state index contributed by atoms with van der Waals surface area (Å²) in [5.41, 5.74) is 7.01. The molecule has 1 aromatic rings. The molecule has 0 saturated carbocycles. The van der Waals surface area contributed by atoms with Gasteiger partial charge in [0.05, 0.1) is 13.2 Å². The van der Waals surface area contributed by atoms with Gasteiger partial charge in [-0.15, -0.1) is 0 Å². The molecule has 0 amide bonds. The number of sulfonamides is 1. The van der Waals surface area contributed by atoms with E-state index in [1.807, 2.05) is 0 Å². The Bertz CT molecular complexity index is 593. The van der Waals surface area contributed by atoms with Crippen molar-refractivity contribution in [3.8, 4) is 5.75 Å². The molecule has 1 heterocycles. The van der Waals surface area contributed by atoms with Crippen LogP contribution in [-0.4, -0.2) is 44.1 Å². The molecule has 1 aliphatic rings. The van der Waals surface area contributed by atoms with E-state index in [9.17, 15) is 13.5 Å². The topological polar surface area (TPSA) is 92.9 Å². The molecule has 0 spiro atoms. The monoisotopic (exact) mass is 300 g/mol. The van der Waals surface area contributed by atoms with E-state index in [0.717, 1.165) is 5.56 Å². The summed E-state index contributed by atoms with van der Waals surface area (Å²) in [6, 6.07) is 3.07. The summed E-state index contributed by atoms with van der Waals surface area (Å²) < 4.78 is 31.8. The molecule has 1 aliphatic heterocycles. The molecule has 1 fully saturated rings. The quantitative estimate of drug-likeness (QED) is 0.803. The summed E-state index contributed by atoms with van der Waals surface area (Å²) in [5.74, 6) is 0.294. The van der Waals surface area contributed by atoms with Crippen molar-refractivity contribution < 1.29 is 18.3 Å². The minimum atomic E-state index is -3.65. The zero-order valence-corrected chi connectivity index (χ0v) is 12.5. The second-order valence-electron chi connectivity index (χ2n) is 4.99. The molecule has 1 aromatic carbocycles. The molecule has 20 heavy (non-hydrogen) atoms. The highest BCUT2D eigenvalue weighted by Gasteiger charge is 2.31. The van der Waals surface area contributed by atoms with E-state index in [-0.39, 0.29) is 4.90 Å². The largest absolute Gasteiger partial charge is 0.495 e. The molecule has 1 saturated heterocycles. The van der Waals surface area contributed by atoms with E-state index >= 15 is 0 Å². The first kappa shape index (κ1) is 15.1. The molecule has 2 rings (SSSR count). The molecule has 3 N–H and O–H groups in total. The highest BCUT2D eigenvalue weighted by atomic mass is 32.2. The summed E-state index contributed by atoms with van der Waals surface area (Å²) >= 11 is 0. The van der Waals surface area contributed by atoms with Gasteiger partial charge < -0.3 is 15.6 Å². The molecule has 0 atom stereocenters. The van der Waals surface area contributed by atoms with Crippen LogP contribution in [0.1, 0.15) is 18.4 Å². The number of ether oxygens (including phenoxy) is 1. The summed E-state index contributed by atoms with van der Waals surface area (Å²) in [6.45, 7) is 2.41. The highest BCUT2D eigenvalue weighted by molar-refractivity contribution is 7.89. The van der Waals surface area contributed by atoms with Crippen LogP contribution in [0.4, 0.5) is 5.69 Å². The standard InChI is InChI=1S/C13H20N2O4S/c1-9-7-12(19-2)13(8-11(9)14)20(17,18)15-5-3-10(16)4-6-15/h7-8,10,16H,3-6,14H2,1-2H3. The predicted molar refractivity (Wildman–Crippen MR) is 76.1 cm³/mol. The number of aryl methyl sites for hydroxylation is 1. The van der Waals surface area contributed by atoms with Gasteiger partial charge in [0.1, 0.15) is 10.6 Å². The fraction of sp³-hybridized carbons (Fsp3) is 0.538. The van der Waals surface area contributed by atoms with Crippen LogP contribution in [0.25, 0.3) is 0 Å². The Morgan fingerprint density at radius 1 is 1.35 bits per heavy atom. The number of anilines is 1. The number of benzene rings is 1. The Morgan fingerprint density at radius 2 is 1.95 bits per heavy atom. The summed E-state index contributed by atoms with van der Waals surface area (Å²) in [5, 5.41) is 9.48. The second kappa shape index (κ2) is 5.59. The molecule has 6 nitrogen and oxygen atoms in total. The van der Waals surface area contributed by atoms with Crippen molar-refractivity contribution in [1.82, 2.24) is 4.31 Å². The fourth-order valence-electron chi connectivity index (χ4n) is 2.26. The average Bonchev–Trinajstić information content (AvgIpc) is 2.41. The van der Waals surface area contributed by atoms with Gasteiger partial charge in [0.2, 0.25) is 10.0 Å². The van der Waals surface area contributed by atoms with Crippen LogP contribution < -0.4 is 10.5 Å². The number of aliphatic hydroxyl groups excluding tert-OH is 1. The van der Waals surface area contributed by atoms with Gasteiger partial charge in [-0.3, -0.25) is 0 Å². The lowest BCUT2D eigenvalue weighted by atomic mass is 10.1. The van der Waals surface area contributed by atoms with Crippen LogP contribution in [0.3, 0.4) is 0 Å². The Hall–Kier alpha value is -1.31. The Morgan fingerprint density at radius 3 is 2.50 bits per heavy atom. The highest BCUT2D eigenvalue weighted by Crippen LogP contribution is 2.32. The zero-order chi connectivity index (χ0) is 14.9. The molecule has 0 radical (unpaired) electrons. The third-order valence-corrected chi connectivity index (χ3v) is 5.51. The zero-order valence-electron chi connectivity index (χ0n) is 11.7. The Kier molecular flexibility index (Phi) is 4.22. The third kappa shape index (κ3) is 2.74. The smallest absolute Gasteiger partial charge is 0.246 e. The molecule has 0 aliphatic carbocycles. The van der Waals surface area contributed by atoms with Gasteiger partial charge in [0, 0.05) is 18.8 Å². The van der Waals surface area contributed by atoms with E-state index in [1.54, 1.807) is 13.0 Å². The minimum Gasteiger partial charge on any atom is -0.495 e. The van der Waals surface area contributed by atoms with Gasteiger partial charge in [-0.2, -0.15) is 4.31 Å². The van der Waals surface area contributed by atoms with Crippen LogP contribution in [0.15, 0.2) is 17.0 Å². The summed E-state index contributed by atoms with van der Waals surface area (Å²) in [6.07, 6.45) is 0.470. The van der Waals surface area contributed by atoms with Crippen LogP contribution in [0.5, 0.6) is 5.75 Å². The van der Waals surface area contributed by atoms with Crippen molar-refractivity contribution >= 4 is 15.7 Å². The van der Waals surface area contributed by atoms with E-state index < -0.39 is 16.1 Å². The van der Waals surface area contributed by atoms with Crippen molar-refractivity contribution in [3.05, 3.63) is 17.7 Å². The number of nitrogen functional groups attached to an aromatic ring is 1. The van der Waals surface area contributed by atoms with Gasteiger partial charge in [-0.25, -0.2) is 8.42 Å². The SMILES string of the molecule is COc1cc(C)c(N)cc1S(=O)(=O)N1CCC(O)CC1. The number of methoxy groups -OCH3 is 1. The van der Waals surface area contributed by atoms with E-state index in [1.165, 1.54) is 17.5 Å². The first-order chi connectivity index (χ1) is 9.36. The van der Waals surface area contributed by atoms with Crippen molar-refractivity contribution in [2.24, 2.45) is 0 Å². The Balaban J connectivity index is 2.41. The average molecular weight is 300 g/mol. The van der Waals surface area contributed by atoms with Crippen LogP contribution >= 0.6 is 0 Å². The number of nitrogens with zero attached hydrogens (tertiary/aromatic N) is 1. The van der Waals surface area contributed by atoms with E-state index in [2.05, 4.69) is 0 Å². The van der Waals surface area contributed by atoms with Gasteiger partial charge in [-0.05, 0) is 37.5 Å². The summed E-state index contributed by atoms with van der Waals surface area (Å²) in [4.78, 5) is 0.0829. The van der Waals surface area contributed by atoms with Gasteiger partial charge in [0.25, 0.3) is 0 Å². The van der Waals surface area contributed by atoms with E-state index in [0.29, 0.717) is 37.4 Å². The van der Waals surface area contributed by atoms with Crippen LogP contribution in [0, 0.1) is 6.92 Å². The fourth-order valence-corrected chi connectivity index (χ4v) is 3.90. The molecule has 0 bridgehead atoms. The summed E-state index contributed by atoms with van der Waals surface area (Å²) in [7, 11) is -2.22. The lowest BCUT2D eigenvalue weighted by Gasteiger charge is -2.29. The van der Waals surface area contributed by atoms with Crippen molar-refractivity contribution in [2.45, 2.75) is 30.8 Å². The lowest BCUT2D eigenvalue weighted by Crippen LogP contribution is -2.40. The number of nitrogens with two attached hydrogens (primary N) is 1. The van der Waals surface area contributed by atoms with Gasteiger partial charge >= 0.3 is 0 Å². The number of hydrogen-bond donors (Lipinski definition) is 2. The van der Waals surface area contributed by atoms with Crippen LogP contribution in [-0.2, 0) is 10.0 Å². The Labute approximate surface area is 119 Å². The third-order valence-electron chi connectivity index (χ3n) is 3.59. The van der Waals surface area contributed by atoms with E-state index in [4.69, 9.17) is 10.5 Å². The van der Waals surface area contributed by atoms with Crippen molar-refractivity contribution in [2.75, 3.05) is 25.9 Å². The maximum absolute atomic E-state index is 12.6. The number of piperidine rings is 1. The van der Waals surface area contributed by atoms with Gasteiger partial charge in [0.15, 0.2) is 0 Å². The molecular weight excluding hydrogens is 280 g/mol. The number of aliphatic hydroxyl groups is 1. The van der Waals surface area contributed by atoms with Crippen molar-refractivity contribution in [3.63, 3.8) is 0 Å². The number of rotatable bonds is 3. The van der Waals surface area contributed by atoms with Crippen molar-refractivity contribution in [1.29, 1.82) is 0 Å². The molecule has 0 unspecified atom stereocenters. The molecule has 0 aromatic heterocycles.